The number of benzene rings is 1. The molecule has 0 aliphatic heterocycles. The fourth-order valence-electron chi connectivity index (χ4n) is 2.65. The third-order valence-electron chi connectivity index (χ3n) is 4.02. The number of hydrogen-bond acceptors (Lipinski definition) is 2. The van der Waals surface area contributed by atoms with Crippen LogP contribution in [0.4, 0.5) is 5.69 Å². The molecule has 1 rings (SSSR count). The Hall–Kier alpha value is -1.02. The van der Waals surface area contributed by atoms with E-state index in [1.54, 1.807) is 0 Å². The van der Waals surface area contributed by atoms with Crippen LogP contribution in [0.3, 0.4) is 0 Å². The lowest BCUT2D eigenvalue weighted by molar-refractivity contribution is 0.460. The van der Waals surface area contributed by atoms with Crippen LogP contribution < -0.4 is 10.6 Å². The predicted octanol–water partition coefficient (Wildman–Crippen LogP) is 3.87. The van der Waals surface area contributed by atoms with E-state index in [0.29, 0.717) is 0 Å². The van der Waals surface area contributed by atoms with Crippen molar-refractivity contribution >= 4 is 5.69 Å². The molecule has 0 heterocycles. The largest absolute Gasteiger partial charge is 0.374 e. The molecule has 0 aliphatic carbocycles. The van der Waals surface area contributed by atoms with Gasteiger partial charge in [-0.15, -0.1) is 0 Å². The second kappa shape index (κ2) is 5.96. The lowest BCUT2D eigenvalue weighted by atomic mass is 9.97. The third-order valence-corrected chi connectivity index (χ3v) is 4.02. The summed E-state index contributed by atoms with van der Waals surface area (Å²) in [5, 5.41) is 0. The van der Waals surface area contributed by atoms with Crippen molar-refractivity contribution < 1.29 is 0 Å². The van der Waals surface area contributed by atoms with Crippen molar-refractivity contribution in [2.75, 3.05) is 18.5 Å². The first-order chi connectivity index (χ1) is 8.63. The van der Waals surface area contributed by atoms with Crippen LogP contribution in [0.2, 0.25) is 0 Å². The Bertz CT molecular complexity index is 415. The summed E-state index contributed by atoms with van der Waals surface area (Å²) in [6.07, 6.45) is 2.19. The fraction of sp³-hybridized carbons (Fsp3) is 0.647. The van der Waals surface area contributed by atoms with Gasteiger partial charge < -0.3 is 10.6 Å². The van der Waals surface area contributed by atoms with Gasteiger partial charge in [0.15, 0.2) is 0 Å². The van der Waals surface area contributed by atoms with Crippen LogP contribution in [0.15, 0.2) is 6.07 Å². The van der Waals surface area contributed by atoms with Crippen LogP contribution in [0, 0.1) is 27.7 Å². The Balaban J connectivity index is 2.85. The average Bonchev–Trinajstić information content (AvgIpc) is 2.25. The lowest BCUT2D eigenvalue weighted by Crippen LogP contribution is -2.33. The molecule has 2 N–H and O–H groups in total. The van der Waals surface area contributed by atoms with Gasteiger partial charge in [0, 0.05) is 24.8 Å². The van der Waals surface area contributed by atoms with Crippen LogP contribution in [0.25, 0.3) is 0 Å². The Morgan fingerprint density at radius 2 is 1.53 bits per heavy atom. The van der Waals surface area contributed by atoms with Gasteiger partial charge in [0.1, 0.15) is 0 Å². The first-order valence-corrected chi connectivity index (χ1v) is 7.21. The topological polar surface area (TPSA) is 29.3 Å². The molecule has 0 saturated heterocycles. The molecule has 0 atom stereocenters. The third kappa shape index (κ3) is 4.24. The smallest absolute Gasteiger partial charge is 0.0428 e. The van der Waals surface area contributed by atoms with Gasteiger partial charge in [-0.3, -0.25) is 0 Å². The second-order valence-electron chi connectivity index (χ2n) is 6.62. The van der Waals surface area contributed by atoms with Crippen molar-refractivity contribution in [2.45, 2.75) is 59.9 Å². The highest BCUT2D eigenvalue weighted by Crippen LogP contribution is 2.29. The molecule has 0 unspecified atom stereocenters. The molecule has 1 aromatic carbocycles. The maximum atomic E-state index is 6.05. The first-order valence-electron chi connectivity index (χ1n) is 7.21. The monoisotopic (exact) mass is 262 g/mol. The van der Waals surface area contributed by atoms with Crippen LogP contribution in [-0.2, 0) is 0 Å². The molecule has 0 fully saturated rings. The van der Waals surface area contributed by atoms with Crippen LogP contribution in [-0.4, -0.2) is 19.1 Å². The Morgan fingerprint density at radius 3 is 1.95 bits per heavy atom. The van der Waals surface area contributed by atoms with E-state index in [0.717, 1.165) is 19.4 Å². The summed E-state index contributed by atoms with van der Waals surface area (Å²) < 4.78 is 0. The van der Waals surface area contributed by atoms with Gasteiger partial charge in [-0.1, -0.05) is 6.07 Å². The zero-order valence-electron chi connectivity index (χ0n) is 13.7. The molecule has 0 aliphatic rings. The molecular formula is C17H30N2. The van der Waals surface area contributed by atoms with Crippen LogP contribution in [0.5, 0.6) is 0 Å². The standard InChI is InChI=1S/C17H30N2/c1-12-11-13(2)15(4)16(14(12)3)19(7)10-8-9-17(5,6)18/h11H,8-10,18H2,1-7H3. The van der Waals surface area contributed by atoms with Crippen molar-refractivity contribution in [3.8, 4) is 0 Å². The summed E-state index contributed by atoms with van der Waals surface area (Å²) >= 11 is 0. The van der Waals surface area contributed by atoms with E-state index in [1.807, 2.05) is 0 Å². The molecule has 0 amide bonds. The quantitative estimate of drug-likeness (QED) is 0.872. The van der Waals surface area contributed by atoms with Gasteiger partial charge in [-0.2, -0.15) is 0 Å². The van der Waals surface area contributed by atoms with Gasteiger partial charge in [0.2, 0.25) is 0 Å². The molecule has 19 heavy (non-hydrogen) atoms. The van der Waals surface area contributed by atoms with E-state index in [9.17, 15) is 0 Å². The van der Waals surface area contributed by atoms with E-state index in [-0.39, 0.29) is 5.54 Å². The summed E-state index contributed by atoms with van der Waals surface area (Å²) in [4.78, 5) is 2.39. The molecule has 2 heteroatoms. The molecule has 0 saturated carbocycles. The van der Waals surface area contributed by atoms with E-state index >= 15 is 0 Å². The van der Waals surface area contributed by atoms with Gasteiger partial charge in [-0.05, 0) is 76.6 Å². The van der Waals surface area contributed by atoms with Gasteiger partial charge in [-0.25, -0.2) is 0 Å². The van der Waals surface area contributed by atoms with Crippen molar-refractivity contribution in [3.63, 3.8) is 0 Å². The maximum Gasteiger partial charge on any atom is 0.0428 e. The molecule has 0 bridgehead atoms. The first kappa shape index (κ1) is 16.0. The van der Waals surface area contributed by atoms with Crippen LogP contribution in [0.1, 0.15) is 48.9 Å². The summed E-state index contributed by atoms with van der Waals surface area (Å²) in [6.45, 7) is 14.1. The number of rotatable bonds is 5. The number of nitrogens with two attached hydrogens (primary N) is 1. The highest BCUT2D eigenvalue weighted by molar-refractivity contribution is 5.63. The Kier molecular flexibility index (Phi) is 5.03. The molecule has 1 aromatic rings. The lowest BCUT2D eigenvalue weighted by Gasteiger charge is -2.27. The molecule has 0 spiro atoms. The van der Waals surface area contributed by atoms with E-state index in [1.165, 1.54) is 27.9 Å². The Labute approximate surface area is 119 Å². The van der Waals surface area contributed by atoms with Gasteiger partial charge >= 0.3 is 0 Å². The summed E-state index contributed by atoms with van der Waals surface area (Å²) in [5.41, 5.74) is 12.9. The number of aryl methyl sites for hydroxylation is 2. The van der Waals surface area contributed by atoms with Crippen molar-refractivity contribution in [2.24, 2.45) is 5.73 Å². The molecular weight excluding hydrogens is 232 g/mol. The number of hydrogen-bond donors (Lipinski definition) is 1. The van der Waals surface area contributed by atoms with Crippen LogP contribution >= 0.6 is 0 Å². The molecule has 2 nitrogen and oxygen atoms in total. The zero-order valence-corrected chi connectivity index (χ0v) is 13.7. The molecule has 0 aromatic heterocycles. The zero-order chi connectivity index (χ0) is 14.8. The van der Waals surface area contributed by atoms with Crippen molar-refractivity contribution in [3.05, 3.63) is 28.3 Å². The molecule has 0 radical (unpaired) electrons. The summed E-state index contributed by atoms with van der Waals surface area (Å²) in [5.74, 6) is 0. The summed E-state index contributed by atoms with van der Waals surface area (Å²) in [7, 11) is 2.19. The summed E-state index contributed by atoms with van der Waals surface area (Å²) in [6, 6.07) is 2.28. The fourth-order valence-corrected chi connectivity index (χ4v) is 2.65. The minimum absolute atomic E-state index is 0.0621. The minimum atomic E-state index is -0.0621. The minimum Gasteiger partial charge on any atom is -0.374 e. The highest BCUT2D eigenvalue weighted by Gasteiger charge is 2.14. The number of nitrogens with zero attached hydrogens (tertiary/aromatic N) is 1. The highest BCUT2D eigenvalue weighted by atomic mass is 15.1. The van der Waals surface area contributed by atoms with E-state index in [4.69, 9.17) is 5.73 Å². The normalized spacial score (nSPS) is 11.8. The van der Waals surface area contributed by atoms with Crippen molar-refractivity contribution in [1.82, 2.24) is 0 Å². The Morgan fingerprint density at radius 1 is 1.05 bits per heavy atom. The van der Waals surface area contributed by atoms with Crippen molar-refractivity contribution in [1.29, 1.82) is 0 Å². The maximum absolute atomic E-state index is 6.05. The van der Waals surface area contributed by atoms with Gasteiger partial charge in [0.25, 0.3) is 0 Å². The predicted molar refractivity (Wildman–Crippen MR) is 86.2 cm³/mol. The second-order valence-corrected chi connectivity index (χ2v) is 6.62. The number of anilines is 1. The van der Waals surface area contributed by atoms with Gasteiger partial charge in [0.05, 0.1) is 0 Å². The van der Waals surface area contributed by atoms with E-state index in [2.05, 4.69) is 59.6 Å². The van der Waals surface area contributed by atoms with E-state index < -0.39 is 0 Å². The SMILES string of the molecule is Cc1cc(C)c(C)c(N(C)CCCC(C)(C)N)c1C. The molecule has 108 valence electrons. The average molecular weight is 262 g/mol.